The summed E-state index contributed by atoms with van der Waals surface area (Å²) in [4.78, 5) is 0. The van der Waals surface area contributed by atoms with Crippen LogP contribution in [0.2, 0.25) is 0 Å². The van der Waals surface area contributed by atoms with Crippen LogP contribution in [0, 0.1) is 6.07 Å². The van der Waals surface area contributed by atoms with Crippen LogP contribution in [0.3, 0.4) is 0 Å². The Hall–Kier alpha value is -1.04. The first-order chi connectivity index (χ1) is 5.43. The van der Waals surface area contributed by atoms with E-state index in [9.17, 15) is 0 Å². The molecular weight excluding hydrogens is 132 g/mol. The van der Waals surface area contributed by atoms with E-state index in [0.29, 0.717) is 0 Å². The van der Waals surface area contributed by atoms with Crippen molar-refractivity contribution in [2.45, 2.75) is 19.8 Å². The molecule has 0 nitrogen and oxygen atoms in total. The normalized spacial score (nSPS) is 10.6. The van der Waals surface area contributed by atoms with Gasteiger partial charge in [-0.3, -0.25) is 0 Å². The first-order valence-electron chi connectivity index (χ1n) is 4.03. The molecule has 0 aliphatic rings. The van der Waals surface area contributed by atoms with Crippen LogP contribution in [-0.4, -0.2) is 0 Å². The summed E-state index contributed by atoms with van der Waals surface area (Å²) in [6.45, 7) is 2.15. The summed E-state index contributed by atoms with van der Waals surface area (Å²) >= 11 is 0. The summed E-state index contributed by atoms with van der Waals surface area (Å²) in [7, 11) is 0. The van der Waals surface area contributed by atoms with E-state index >= 15 is 0 Å². The van der Waals surface area contributed by atoms with Gasteiger partial charge < -0.3 is 0 Å². The number of hydrogen-bond acceptors (Lipinski definition) is 0. The lowest BCUT2D eigenvalue weighted by Crippen LogP contribution is -1.77. The predicted molar refractivity (Wildman–Crippen MR) is 48.4 cm³/mol. The molecule has 0 saturated carbocycles. The predicted octanol–water partition coefficient (Wildman–Crippen LogP) is 3.00. The van der Waals surface area contributed by atoms with Gasteiger partial charge in [0.05, 0.1) is 0 Å². The van der Waals surface area contributed by atoms with Crippen LogP contribution in [0.4, 0.5) is 0 Å². The van der Waals surface area contributed by atoms with E-state index in [2.05, 4.69) is 37.3 Å². The van der Waals surface area contributed by atoms with Crippen LogP contribution >= 0.6 is 0 Å². The van der Waals surface area contributed by atoms with Gasteiger partial charge in [0.1, 0.15) is 0 Å². The molecule has 0 heterocycles. The van der Waals surface area contributed by atoms with Crippen LogP contribution in [0.5, 0.6) is 0 Å². The van der Waals surface area contributed by atoms with E-state index < -0.39 is 0 Å². The van der Waals surface area contributed by atoms with Crippen LogP contribution in [0.1, 0.15) is 18.9 Å². The van der Waals surface area contributed by atoms with Gasteiger partial charge in [0.15, 0.2) is 0 Å². The zero-order valence-electron chi connectivity index (χ0n) is 6.88. The fourth-order valence-electron chi connectivity index (χ4n) is 0.944. The quantitative estimate of drug-likeness (QED) is 0.573. The number of rotatable bonds is 3. The minimum atomic E-state index is 1.04. The molecule has 0 heteroatoms. The Morgan fingerprint density at radius 2 is 2.00 bits per heavy atom. The van der Waals surface area contributed by atoms with Crippen LogP contribution in [0.15, 0.2) is 36.4 Å². The highest BCUT2D eigenvalue weighted by Gasteiger charge is 1.83. The van der Waals surface area contributed by atoms with Crippen LogP contribution in [0.25, 0.3) is 0 Å². The number of allylic oxidation sites excluding steroid dienone is 2. The van der Waals surface area contributed by atoms with Crippen molar-refractivity contribution in [3.05, 3.63) is 48.0 Å². The van der Waals surface area contributed by atoms with Crippen molar-refractivity contribution in [1.82, 2.24) is 0 Å². The molecule has 0 amide bonds. The summed E-state index contributed by atoms with van der Waals surface area (Å²) in [5, 5.41) is 0. The molecule has 0 saturated heterocycles. The van der Waals surface area contributed by atoms with Gasteiger partial charge in [-0.15, -0.1) is 0 Å². The zero-order valence-corrected chi connectivity index (χ0v) is 6.88. The van der Waals surface area contributed by atoms with E-state index in [-0.39, 0.29) is 0 Å². The van der Waals surface area contributed by atoms with Crippen molar-refractivity contribution in [1.29, 1.82) is 0 Å². The van der Waals surface area contributed by atoms with Crippen molar-refractivity contribution in [3.63, 3.8) is 0 Å². The van der Waals surface area contributed by atoms with Crippen molar-refractivity contribution in [3.8, 4) is 0 Å². The highest BCUT2D eigenvalue weighted by Crippen LogP contribution is 1.99. The first-order valence-corrected chi connectivity index (χ1v) is 4.03. The second kappa shape index (κ2) is 4.73. The van der Waals surface area contributed by atoms with Crippen LogP contribution < -0.4 is 0 Å². The van der Waals surface area contributed by atoms with Crippen molar-refractivity contribution < 1.29 is 0 Å². The van der Waals surface area contributed by atoms with E-state index in [0.717, 1.165) is 12.8 Å². The Morgan fingerprint density at radius 3 is 2.64 bits per heavy atom. The molecule has 1 aromatic rings. The summed E-state index contributed by atoms with van der Waals surface area (Å²) in [5.74, 6) is 0. The molecule has 57 valence electrons. The highest BCUT2D eigenvalue weighted by atomic mass is 13.9. The monoisotopic (exact) mass is 145 g/mol. The maximum absolute atomic E-state index is 3.00. The average Bonchev–Trinajstić information content (AvgIpc) is 2.07. The third-order valence-corrected chi connectivity index (χ3v) is 1.54. The van der Waals surface area contributed by atoms with E-state index in [1.165, 1.54) is 5.56 Å². The van der Waals surface area contributed by atoms with Crippen molar-refractivity contribution in [2.75, 3.05) is 0 Å². The Morgan fingerprint density at radius 1 is 1.27 bits per heavy atom. The smallest absolute Gasteiger partial charge is 0.00975 e. The SMILES string of the molecule is CC/C=C/Cc1cc[c]cc1. The van der Waals surface area contributed by atoms with Gasteiger partial charge in [-0.05, 0) is 24.5 Å². The van der Waals surface area contributed by atoms with E-state index in [1.54, 1.807) is 0 Å². The Kier molecular flexibility index (Phi) is 3.46. The Bertz CT molecular complexity index is 209. The third kappa shape index (κ3) is 3.03. The molecule has 0 spiro atoms. The fraction of sp³-hybridized carbons (Fsp3) is 0.273. The summed E-state index contributed by atoms with van der Waals surface area (Å²) in [5.41, 5.74) is 1.36. The molecule has 1 radical (unpaired) electrons. The molecular formula is C11H13. The summed E-state index contributed by atoms with van der Waals surface area (Å²) in [6.07, 6.45) is 6.56. The van der Waals surface area contributed by atoms with Gasteiger partial charge in [0.25, 0.3) is 0 Å². The molecule has 1 rings (SSSR count). The maximum Gasteiger partial charge on any atom is -0.00975 e. The second-order valence-corrected chi connectivity index (χ2v) is 2.49. The molecule has 0 aromatic heterocycles. The number of hydrogen-bond donors (Lipinski definition) is 0. The lowest BCUT2D eigenvalue weighted by atomic mass is 10.1. The van der Waals surface area contributed by atoms with E-state index in [4.69, 9.17) is 0 Å². The zero-order chi connectivity index (χ0) is 7.94. The fourth-order valence-corrected chi connectivity index (χ4v) is 0.944. The minimum Gasteiger partial charge on any atom is -0.0885 e. The van der Waals surface area contributed by atoms with Gasteiger partial charge in [0, 0.05) is 0 Å². The molecule has 11 heavy (non-hydrogen) atoms. The molecule has 0 bridgehead atoms. The maximum atomic E-state index is 3.00. The third-order valence-electron chi connectivity index (χ3n) is 1.54. The standard InChI is InChI=1S/C11H13/c1-2-3-5-8-11-9-6-4-7-10-11/h3,5-7,9-10H,2,8H2,1H3/b5-3+. The first kappa shape index (κ1) is 8.06. The summed E-state index contributed by atoms with van der Waals surface area (Å²) < 4.78 is 0. The topological polar surface area (TPSA) is 0 Å². The molecule has 0 fully saturated rings. The molecule has 0 atom stereocenters. The van der Waals surface area contributed by atoms with E-state index in [1.807, 2.05) is 12.1 Å². The summed E-state index contributed by atoms with van der Waals surface area (Å²) in [6, 6.07) is 11.1. The van der Waals surface area contributed by atoms with Gasteiger partial charge >= 0.3 is 0 Å². The lowest BCUT2D eigenvalue weighted by Gasteiger charge is -1.92. The molecule has 0 aliphatic heterocycles. The second-order valence-electron chi connectivity index (χ2n) is 2.49. The lowest BCUT2D eigenvalue weighted by molar-refractivity contribution is 1.18. The average molecular weight is 145 g/mol. The van der Waals surface area contributed by atoms with Crippen LogP contribution in [-0.2, 0) is 6.42 Å². The highest BCUT2D eigenvalue weighted by molar-refractivity contribution is 5.16. The van der Waals surface area contributed by atoms with Gasteiger partial charge in [-0.25, -0.2) is 0 Å². The largest absolute Gasteiger partial charge is 0.0885 e. The molecule has 1 aromatic carbocycles. The molecule has 0 aliphatic carbocycles. The Balaban J connectivity index is 2.45. The van der Waals surface area contributed by atoms with Gasteiger partial charge in [0.2, 0.25) is 0 Å². The minimum absolute atomic E-state index is 1.04. The van der Waals surface area contributed by atoms with Gasteiger partial charge in [-0.1, -0.05) is 43.3 Å². The molecule has 0 unspecified atom stereocenters. The van der Waals surface area contributed by atoms with Gasteiger partial charge in [-0.2, -0.15) is 0 Å². The number of benzene rings is 1. The van der Waals surface area contributed by atoms with Crippen molar-refractivity contribution in [2.24, 2.45) is 0 Å². The Labute approximate surface area is 68.6 Å². The molecule has 0 N–H and O–H groups in total. The van der Waals surface area contributed by atoms with Crippen molar-refractivity contribution >= 4 is 0 Å².